The van der Waals surface area contributed by atoms with E-state index in [0.29, 0.717) is 5.56 Å². The van der Waals surface area contributed by atoms with Gasteiger partial charge in [-0.15, -0.1) is 11.6 Å². The number of rotatable bonds is 5. The molecule has 1 unspecified atom stereocenters. The molecule has 1 rings (SSSR count). The summed E-state index contributed by atoms with van der Waals surface area (Å²) in [5, 5.41) is 0. The molecule has 0 aliphatic carbocycles. The molecule has 0 heterocycles. The predicted octanol–water partition coefficient (Wildman–Crippen LogP) is 3.86. The Hall–Kier alpha value is -0.940. The van der Waals surface area contributed by atoms with Gasteiger partial charge in [0.15, 0.2) is 0 Å². The lowest BCUT2D eigenvalue weighted by molar-refractivity contribution is -0.139. The monoisotopic (exact) mass is 282 g/mol. The third-order valence-corrected chi connectivity index (χ3v) is 2.69. The SMILES string of the molecule is COC(C)COc1ccc(CCl)cc1C(F)(F)F. The molecule has 0 aliphatic heterocycles. The molecule has 0 bridgehead atoms. The van der Waals surface area contributed by atoms with Crippen LogP contribution in [0.1, 0.15) is 18.1 Å². The molecule has 6 heteroatoms. The second-order valence-corrected chi connectivity index (χ2v) is 4.09. The van der Waals surface area contributed by atoms with E-state index in [2.05, 4.69) is 0 Å². The molecular weight excluding hydrogens is 269 g/mol. The molecule has 0 N–H and O–H groups in total. The maximum absolute atomic E-state index is 12.8. The van der Waals surface area contributed by atoms with Crippen LogP contribution in [-0.2, 0) is 16.8 Å². The summed E-state index contributed by atoms with van der Waals surface area (Å²) in [6.07, 6.45) is -4.74. The Balaban J connectivity index is 2.96. The first-order chi connectivity index (χ1) is 8.38. The Labute approximate surface area is 109 Å². The minimum atomic E-state index is -4.46. The van der Waals surface area contributed by atoms with Gasteiger partial charge in [0.05, 0.1) is 11.7 Å². The van der Waals surface area contributed by atoms with Crippen molar-refractivity contribution in [3.63, 3.8) is 0 Å². The van der Waals surface area contributed by atoms with Crippen molar-refractivity contribution in [2.24, 2.45) is 0 Å². The fourth-order valence-corrected chi connectivity index (χ4v) is 1.45. The number of ether oxygens (including phenoxy) is 2. The summed E-state index contributed by atoms with van der Waals surface area (Å²) >= 11 is 5.52. The number of halogens is 4. The van der Waals surface area contributed by atoms with Crippen molar-refractivity contribution in [1.29, 1.82) is 0 Å². The zero-order valence-electron chi connectivity index (χ0n) is 10.1. The molecule has 1 aromatic carbocycles. The molecular formula is C12H14ClF3O2. The van der Waals surface area contributed by atoms with Gasteiger partial charge in [-0.25, -0.2) is 0 Å². The van der Waals surface area contributed by atoms with Crippen LogP contribution in [0.4, 0.5) is 13.2 Å². The lowest BCUT2D eigenvalue weighted by Gasteiger charge is -2.17. The van der Waals surface area contributed by atoms with Gasteiger partial charge in [-0.3, -0.25) is 0 Å². The van der Waals surface area contributed by atoms with Crippen LogP contribution < -0.4 is 4.74 Å². The molecule has 0 fully saturated rings. The first-order valence-electron chi connectivity index (χ1n) is 5.30. The number of alkyl halides is 4. The van der Waals surface area contributed by atoms with Crippen LogP contribution in [0, 0.1) is 0 Å². The molecule has 0 saturated heterocycles. The smallest absolute Gasteiger partial charge is 0.419 e. The predicted molar refractivity (Wildman–Crippen MR) is 63.0 cm³/mol. The highest BCUT2D eigenvalue weighted by Crippen LogP contribution is 2.37. The first-order valence-corrected chi connectivity index (χ1v) is 5.83. The molecule has 0 aliphatic rings. The van der Waals surface area contributed by atoms with Gasteiger partial charge in [0, 0.05) is 13.0 Å². The van der Waals surface area contributed by atoms with Crippen LogP contribution in [0.5, 0.6) is 5.75 Å². The van der Waals surface area contributed by atoms with Gasteiger partial charge >= 0.3 is 6.18 Å². The second kappa shape index (κ2) is 6.29. The molecule has 18 heavy (non-hydrogen) atoms. The van der Waals surface area contributed by atoms with E-state index in [4.69, 9.17) is 21.1 Å². The average Bonchev–Trinajstić information content (AvgIpc) is 2.34. The number of hydrogen-bond donors (Lipinski definition) is 0. The maximum Gasteiger partial charge on any atom is 0.419 e. The molecule has 0 aromatic heterocycles. The highest BCUT2D eigenvalue weighted by molar-refractivity contribution is 6.17. The number of methoxy groups -OCH3 is 1. The minimum absolute atomic E-state index is 0.0256. The Kier molecular flexibility index (Phi) is 5.28. The van der Waals surface area contributed by atoms with Crippen molar-refractivity contribution in [2.45, 2.75) is 25.1 Å². The van der Waals surface area contributed by atoms with Crippen LogP contribution in [0.3, 0.4) is 0 Å². The maximum atomic E-state index is 12.8. The van der Waals surface area contributed by atoms with Crippen molar-refractivity contribution in [3.8, 4) is 5.75 Å². The zero-order chi connectivity index (χ0) is 13.8. The molecule has 0 amide bonds. The Morgan fingerprint density at radius 1 is 1.33 bits per heavy atom. The highest BCUT2D eigenvalue weighted by atomic mass is 35.5. The Morgan fingerprint density at radius 2 is 2.00 bits per heavy atom. The normalized spacial score (nSPS) is 13.4. The van der Waals surface area contributed by atoms with E-state index in [1.54, 1.807) is 6.92 Å². The van der Waals surface area contributed by atoms with Gasteiger partial charge in [-0.1, -0.05) is 6.07 Å². The van der Waals surface area contributed by atoms with E-state index >= 15 is 0 Å². The fraction of sp³-hybridized carbons (Fsp3) is 0.500. The minimum Gasteiger partial charge on any atom is -0.490 e. The zero-order valence-corrected chi connectivity index (χ0v) is 10.8. The first kappa shape index (κ1) is 15.1. The Bertz CT molecular complexity index is 393. The van der Waals surface area contributed by atoms with Gasteiger partial charge in [-0.05, 0) is 24.6 Å². The lowest BCUT2D eigenvalue weighted by Crippen LogP contribution is -2.18. The van der Waals surface area contributed by atoms with Gasteiger partial charge in [-0.2, -0.15) is 13.2 Å². The molecule has 0 spiro atoms. The van der Waals surface area contributed by atoms with E-state index < -0.39 is 11.7 Å². The van der Waals surface area contributed by atoms with Gasteiger partial charge in [0.2, 0.25) is 0 Å². The third-order valence-electron chi connectivity index (χ3n) is 2.38. The molecule has 1 atom stereocenters. The van der Waals surface area contributed by atoms with Crippen molar-refractivity contribution in [2.75, 3.05) is 13.7 Å². The standard InChI is InChI=1S/C12H14ClF3O2/c1-8(17-2)7-18-11-4-3-9(6-13)5-10(11)12(14,15)16/h3-5,8H,6-7H2,1-2H3. The largest absolute Gasteiger partial charge is 0.490 e. The van der Waals surface area contributed by atoms with Crippen LogP contribution in [-0.4, -0.2) is 19.8 Å². The summed E-state index contributed by atoms with van der Waals surface area (Å²) in [6, 6.07) is 3.79. The Morgan fingerprint density at radius 3 is 2.50 bits per heavy atom. The van der Waals surface area contributed by atoms with Gasteiger partial charge < -0.3 is 9.47 Å². The second-order valence-electron chi connectivity index (χ2n) is 3.82. The number of hydrogen-bond acceptors (Lipinski definition) is 2. The average molecular weight is 283 g/mol. The summed E-state index contributed by atoms with van der Waals surface area (Å²) < 4.78 is 48.5. The lowest BCUT2D eigenvalue weighted by atomic mass is 10.1. The van der Waals surface area contributed by atoms with Crippen LogP contribution in [0.25, 0.3) is 0 Å². The van der Waals surface area contributed by atoms with E-state index in [-0.39, 0.29) is 24.3 Å². The summed E-state index contributed by atoms with van der Waals surface area (Å²) in [5.74, 6) is -0.182. The molecule has 0 radical (unpaired) electrons. The molecule has 2 nitrogen and oxygen atoms in total. The summed E-state index contributed by atoms with van der Waals surface area (Å²) in [5.41, 5.74) is -0.417. The van der Waals surface area contributed by atoms with Crippen LogP contribution in [0.2, 0.25) is 0 Å². The quantitative estimate of drug-likeness (QED) is 0.764. The molecule has 1 aromatic rings. The highest BCUT2D eigenvalue weighted by Gasteiger charge is 2.34. The van der Waals surface area contributed by atoms with E-state index in [1.165, 1.54) is 19.2 Å². The van der Waals surface area contributed by atoms with Crippen molar-refractivity contribution in [3.05, 3.63) is 29.3 Å². The van der Waals surface area contributed by atoms with Crippen molar-refractivity contribution >= 4 is 11.6 Å². The fourth-order valence-electron chi connectivity index (χ4n) is 1.28. The number of benzene rings is 1. The topological polar surface area (TPSA) is 18.5 Å². The summed E-state index contributed by atoms with van der Waals surface area (Å²) in [6.45, 7) is 1.76. The summed E-state index contributed by atoms with van der Waals surface area (Å²) in [7, 11) is 1.47. The van der Waals surface area contributed by atoms with Gasteiger partial charge in [0.25, 0.3) is 0 Å². The van der Waals surface area contributed by atoms with Crippen molar-refractivity contribution < 1.29 is 22.6 Å². The third kappa shape index (κ3) is 4.07. The van der Waals surface area contributed by atoms with Crippen LogP contribution in [0.15, 0.2) is 18.2 Å². The van der Waals surface area contributed by atoms with E-state index in [9.17, 15) is 13.2 Å². The van der Waals surface area contributed by atoms with Crippen molar-refractivity contribution in [1.82, 2.24) is 0 Å². The summed E-state index contributed by atoms with van der Waals surface area (Å²) in [4.78, 5) is 0. The molecule has 102 valence electrons. The van der Waals surface area contributed by atoms with Gasteiger partial charge in [0.1, 0.15) is 12.4 Å². The van der Waals surface area contributed by atoms with E-state index in [0.717, 1.165) is 6.07 Å². The van der Waals surface area contributed by atoms with Crippen LogP contribution >= 0.6 is 11.6 Å². The van der Waals surface area contributed by atoms with E-state index in [1.807, 2.05) is 0 Å². The molecule has 0 saturated carbocycles.